The summed E-state index contributed by atoms with van der Waals surface area (Å²) in [7, 11) is 0. The summed E-state index contributed by atoms with van der Waals surface area (Å²) in [5.41, 5.74) is 3.33. The highest BCUT2D eigenvalue weighted by atomic mass is 35.5. The lowest BCUT2D eigenvalue weighted by atomic mass is 10.3. The lowest BCUT2D eigenvalue weighted by molar-refractivity contribution is 0.691. The van der Waals surface area contributed by atoms with Crippen molar-refractivity contribution in [2.75, 3.05) is 0 Å². The standard InChI is InChI=1S/C15H13ClN6/c1-2-7-21-8-18-12-13(21)19-15(16)20-14(12)22-9-17-10-5-3-4-6-11(10)22/h3-6,8-9H,2,7H2,1H3. The second kappa shape index (κ2) is 5.06. The van der Waals surface area contributed by atoms with Gasteiger partial charge in [-0.3, -0.25) is 4.57 Å². The predicted molar refractivity (Wildman–Crippen MR) is 85.3 cm³/mol. The van der Waals surface area contributed by atoms with Crippen LogP contribution in [-0.2, 0) is 6.54 Å². The van der Waals surface area contributed by atoms with Crippen LogP contribution in [0.4, 0.5) is 0 Å². The van der Waals surface area contributed by atoms with Gasteiger partial charge in [-0.05, 0) is 30.2 Å². The Kier molecular flexibility index (Phi) is 3.04. The molecule has 0 unspecified atom stereocenters. The molecule has 0 radical (unpaired) electrons. The number of benzene rings is 1. The Morgan fingerprint density at radius 3 is 2.82 bits per heavy atom. The molecule has 7 heteroatoms. The molecule has 3 heterocycles. The van der Waals surface area contributed by atoms with E-state index in [0.29, 0.717) is 5.82 Å². The minimum atomic E-state index is 0.207. The summed E-state index contributed by atoms with van der Waals surface area (Å²) >= 11 is 6.12. The van der Waals surface area contributed by atoms with Gasteiger partial charge in [-0.25, -0.2) is 9.97 Å². The maximum absolute atomic E-state index is 6.12. The van der Waals surface area contributed by atoms with Gasteiger partial charge in [-0.2, -0.15) is 9.97 Å². The van der Waals surface area contributed by atoms with Gasteiger partial charge in [0.05, 0.1) is 17.4 Å². The van der Waals surface area contributed by atoms with E-state index in [4.69, 9.17) is 11.6 Å². The largest absolute Gasteiger partial charge is 0.315 e. The van der Waals surface area contributed by atoms with E-state index in [2.05, 4.69) is 26.9 Å². The van der Waals surface area contributed by atoms with Gasteiger partial charge in [-0.1, -0.05) is 19.1 Å². The first-order chi connectivity index (χ1) is 10.8. The molecule has 3 aromatic heterocycles. The van der Waals surface area contributed by atoms with Crippen molar-refractivity contribution in [2.45, 2.75) is 19.9 Å². The molecular formula is C15H13ClN6. The molecule has 0 aliphatic carbocycles. The average Bonchev–Trinajstić information content (AvgIpc) is 3.12. The number of hydrogen-bond donors (Lipinski definition) is 0. The summed E-state index contributed by atoms with van der Waals surface area (Å²) in [4.78, 5) is 17.6. The number of aryl methyl sites for hydroxylation is 1. The Morgan fingerprint density at radius 1 is 1.09 bits per heavy atom. The third kappa shape index (κ3) is 1.95. The smallest absolute Gasteiger partial charge is 0.226 e. The molecule has 0 saturated carbocycles. The second-order valence-corrected chi connectivity index (χ2v) is 5.37. The third-order valence-electron chi connectivity index (χ3n) is 3.56. The van der Waals surface area contributed by atoms with E-state index >= 15 is 0 Å². The van der Waals surface area contributed by atoms with E-state index in [1.54, 1.807) is 12.7 Å². The van der Waals surface area contributed by atoms with E-state index < -0.39 is 0 Å². The van der Waals surface area contributed by atoms with Crippen LogP contribution in [0, 0.1) is 0 Å². The predicted octanol–water partition coefficient (Wildman–Crippen LogP) is 3.23. The maximum Gasteiger partial charge on any atom is 0.226 e. The van der Waals surface area contributed by atoms with E-state index in [1.807, 2.05) is 33.4 Å². The highest BCUT2D eigenvalue weighted by Crippen LogP contribution is 2.23. The van der Waals surface area contributed by atoms with Crippen LogP contribution in [0.15, 0.2) is 36.9 Å². The van der Waals surface area contributed by atoms with Gasteiger partial charge in [0.15, 0.2) is 17.0 Å². The quantitative estimate of drug-likeness (QED) is 0.545. The van der Waals surface area contributed by atoms with Crippen molar-refractivity contribution in [1.82, 2.24) is 29.1 Å². The van der Waals surface area contributed by atoms with Crippen molar-refractivity contribution in [1.29, 1.82) is 0 Å². The fourth-order valence-corrected chi connectivity index (χ4v) is 2.76. The van der Waals surface area contributed by atoms with Crippen molar-refractivity contribution in [3.8, 4) is 5.82 Å². The zero-order valence-corrected chi connectivity index (χ0v) is 12.7. The highest BCUT2D eigenvalue weighted by Gasteiger charge is 2.15. The van der Waals surface area contributed by atoms with Crippen LogP contribution < -0.4 is 0 Å². The molecule has 0 spiro atoms. The van der Waals surface area contributed by atoms with Crippen LogP contribution in [0.2, 0.25) is 5.28 Å². The van der Waals surface area contributed by atoms with Gasteiger partial charge in [0.1, 0.15) is 6.33 Å². The summed E-state index contributed by atoms with van der Waals surface area (Å²) in [5.74, 6) is 0.651. The van der Waals surface area contributed by atoms with Gasteiger partial charge in [0.2, 0.25) is 5.28 Å². The molecule has 0 amide bonds. The molecule has 4 aromatic rings. The minimum Gasteiger partial charge on any atom is -0.315 e. The molecule has 0 bridgehead atoms. The number of halogens is 1. The second-order valence-electron chi connectivity index (χ2n) is 5.03. The average molecular weight is 313 g/mol. The number of fused-ring (bicyclic) bond motifs is 2. The normalized spacial score (nSPS) is 11.5. The lowest BCUT2D eigenvalue weighted by Crippen LogP contribution is -2.02. The van der Waals surface area contributed by atoms with Crippen LogP contribution in [0.3, 0.4) is 0 Å². The molecule has 22 heavy (non-hydrogen) atoms. The minimum absolute atomic E-state index is 0.207. The molecule has 0 fully saturated rings. The third-order valence-corrected chi connectivity index (χ3v) is 3.73. The summed E-state index contributed by atoms with van der Waals surface area (Å²) < 4.78 is 3.89. The number of aromatic nitrogens is 6. The Bertz CT molecular complexity index is 971. The van der Waals surface area contributed by atoms with Crippen LogP contribution in [0.25, 0.3) is 28.0 Å². The molecule has 6 nitrogen and oxygen atoms in total. The van der Waals surface area contributed by atoms with Crippen LogP contribution >= 0.6 is 11.6 Å². The van der Waals surface area contributed by atoms with Gasteiger partial charge in [0, 0.05) is 6.54 Å². The summed E-state index contributed by atoms with van der Waals surface area (Å²) in [6.45, 7) is 2.95. The van der Waals surface area contributed by atoms with E-state index in [1.165, 1.54) is 0 Å². The number of nitrogens with zero attached hydrogens (tertiary/aromatic N) is 6. The summed E-state index contributed by atoms with van der Waals surface area (Å²) in [6, 6.07) is 7.88. The molecule has 0 saturated heterocycles. The van der Waals surface area contributed by atoms with Crippen LogP contribution in [0.1, 0.15) is 13.3 Å². The Hall–Kier alpha value is -2.47. The van der Waals surface area contributed by atoms with Crippen molar-refractivity contribution >= 4 is 33.8 Å². The molecule has 4 rings (SSSR count). The summed E-state index contributed by atoms with van der Waals surface area (Å²) in [6.07, 6.45) is 4.51. The molecule has 0 aliphatic heterocycles. The number of para-hydroxylation sites is 2. The first-order valence-corrected chi connectivity index (χ1v) is 7.46. The lowest BCUT2D eigenvalue weighted by Gasteiger charge is -2.06. The maximum atomic E-state index is 6.12. The van der Waals surface area contributed by atoms with Gasteiger partial charge < -0.3 is 4.57 Å². The van der Waals surface area contributed by atoms with Crippen molar-refractivity contribution in [3.63, 3.8) is 0 Å². The first-order valence-electron chi connectivity index (χ1n) is 7.08. The molecule has 0 N–H and O–H groups in total. The van der Waals surface area contributed by atoms with Gasteiger partial charge in [0.25, 0.3) is 0 Å². The monoisotopic (exact) mass is 312 g/mol. The van der Waals surface area contributed by atoms with E-state index in [-0.39, 0.29) is 5.28 Å². The topological polar surface area (TPSA) is 61.4 Å². The van der Waals surface area contributed by atoms with Gasteiger partial charge >= 0.3 is 0 Å². The number of rotatable bonds is 3. The Morgan fingerprint density at radius 2 is 1.95 bits per heavy atom. The van der Waals surface area contributed by atoms with Crippen molar-refractivity contribution < 1.29 is 0 Å². The van der Waals surface area contributed by atoms with E-state index in [0.717, 1.165) is 35.2 Å². The van der Waals surface area contributed by atoms with Crippen molar-refractivity contribution in [3.05, 3.63) is 42.2 Å². The zero-order valence-electron chi connectivity index (χ0n) is 11.9. The number of imidazole rings is 2. The first kappa shape index (κ1) is 13.2. The molecule has 0 aliphatic rings. The SMILES string of the molecule is CCCn1cnc2c(-n3cnc4ccccc43)nc(Cl)nc21. The van der Waals surface area contributed by atoms with Crippen LogP contribution in [0.5, 0.6) is 0 Å². The zero-order chi connectivity index (χ0) is 15.1. The Balaban J connectivity index is 2.02. The van der Waals surface area contributed by atoms with Gasteiger partial charge in [-0.15, -0.1) is 0 Å². The number of hydrogen-bond acceptors (Lipinski definition) is 4. The summed E-state index contributed by atoms with van der Waals surface area (Å²) in [5, 5.41) is 0.207. The fourth-order valence-electron chi connectivity index (χ4n) is 2.60. The van der Waals surface area contributed by atoms with Crippen LogP contribution in [-0.4, -0.2) is 29.1 Å². The highest BCUT2D eigenvalue weighted by molar-refractivity contribution is 6.28. The molecule has 1 aromatic carbocycles. The fraction of sp³-hybridized carbons (Fsp3) is 0.200. The van der Waals surface area contributed by atoms with E-state index in [9.17, 15) is 0 Å². The molecule has 110 valence electrons. The molecular weight excluding hydrogens is 300 g/mol. The Labute approximate surface area is 131 Å². The van der Waals surface area contributed by atoms with Crippen molar-refractivity contribution in [2.24, 2.45) is 0 Å². The molecule has 0 atom stereocenters.